The molecule has 1 aliphatic heterocycles. The monoisotopic (exact) mass is 326 g/mol. The molecule has 1 aliphatic rings. The van der Waals surface area contributed by atoms with Gasteiger partial charge in [0.15, 0.2) is 11.7 Å². The van der Waals surface area contributed by atoms with Crippen LogP contribution in [0.3, 0.4) is 0 Å². The highest BCUT2D eigenvalue weighted by molar-refractivity contribution is 9.10. The number of sulfonamides is 1. The first-order chi connectivity index (χ1) is 8.49. The fraction of sp³-hybridized carbons (Fsp3) is 0. The highest BCUT2D eigenvalue weighted by Gasteiger charge is 2.30. The fourth-order valence-corrected chi connectivity index (χ4v) is 3.20. The molecule has 1 aromatic heterocycles. The van der Waals surface area contributed by atoms with E-state index in [-0.39, 0.29) is 16.5 Å². The maximum absolute atomic E-state index is 11.9. The molecule has 0 fully saturated rings. The van der Waals surface area contributed by atoms with Gasteiger partial charge in [0.25, 0.3) is 10.0 Å². The van der Waals surface area contributed by atoms with Crippen LogP contribution in [0.25, 0.3) is 0 Å². The Balaban J connectivity index is 2.27. The van der Waals surface area contributed by atoms with Gasteiger partial charge in [-0.1, -0.05) is 12.1 Å². The predicted octanol–water partition coefficient (Wildman–Crippen LogP) is 1.22. The third kappa shape index (κ3) is 1.57. The molecule has 8 heteroatoms. The van der Waals surface area contributed by atoms with Crippen molar-refractivity contribution < 1.29 is 8.42 Å². The lowest BCUT2D eigenvalue weighted by atomic mass is 10.2. The second kappa shape index (κ2) is 3.66. The number of halogens is 1. The van der Waals surface area contributed by atoms with Gasteiger partial charge in [-0.05, 0) is 28.1 Å². The lowest BCUT2D eigenvalue weighted by Crippen LogP contribution is -2.12. The number of fused-ring (bicyclic) bond motifs is 1. The number of nitrogen functional groups attached to an aromatic ring is 1. The zero-order valence-electron chi connectivity index (χ0n) is 8.91. The second-order valence-electron chi connectivity index (χ2n) is 3.69. The summed E-state index contributed by atoms with van der Waals surface area (Å²) in [5.74, 6) is 0.530. The minimum atomic E-state index is -3.64. The van der Waals surface area contributed by atoms with E-state index in [1.54, 1.807) is 24.4 Å². The maximum Gasteiger partial charge on any atom is 0.285 e. The van der Waals surface area contributed by atoms with E-state index in [9.17, 15) is 8.42 Å². The molecule has 2 heterocycles. The molecule has 2 N–H and O–H groups in total. The van der Waals surface area contributed by atoms with Gasteiger partial charge < -0.3 is 5.73 Å². The van der Waals surface area contributed by atoms with Crippen LogP contribution in [0.15, 0.2) is 44.2 Å². The average molecular weight is 327 g/mol. The van der Waals surface area contributed by atoms with E-state index in [0.29, 0.717) is 10.0 Å². The number of hydrogen-bond donors (Lipinski definition) is 1. The number of hydrogen-bond acceptors (Lipinski definition) is 4. The first-order valence-electron chi connectivity index (χ1n) is 4.94. The van der Waals surface area contributed by atoms with Gasteiger partial charge in [0.2, 0.25) is 0 Å². The van der Waals surface area contributed by atoms with E-state index in [0.717, 1.165) is 0 Å². The number of nitrogens with zero attached hydrogens (tertiary/aromatic N) is 3. The summed E-state index contributed by atoms with van der Waals surface area (Å²) in [6, 6.07) is 6.60. The molecule has 0 atom stereocenters. The van der Waals surface area contributed by atoms with Gasteiger partial charge in [-0.2, -0.15) is 8.42 Å². The van der Waals surface area contributed by atoms with Crippen LogP contribution in [0.1, 0.15) is 5.56 Å². The molecule has 0 saturated heterocycles. The van der Waals surface area contributed by atoms with Gasteiger partial charge in [0, 0.05) is 11.8 Å². The molecule has 1 aromatic carbocycles. The van der Waals surface area contributed by atoms with E-state index >= 15 is 0 Å². The Bertz CT molecular complexity index is 759. The lowest BCUT2D eigenvalue weighted by molar-refractivity contribution is 0.599. The highest BCUT2D eigenvalue weighted by Crippen LogP contribution is 2.27. The first kappa shape index (κ1) is 11.4. The summed E-state index contributed by atoms with van der Waals surface area (Å²) < 4.78 is 29.4. The first-order valence-corrected chi connectivity index (χ1v) is 7.18. The van der Waals surface area contributed by atoms with Crippen LogP contribution in [-0.2, 0) is 10.0 Å². The lowest BCUT2D eigenvalue weighted by Gasteiger charge is -2.00. The minimum Gasteiger partial charge on any atom is -0.381 e. The van der Waals surface area contributed by atoms with Crippen LogP contribution >= 0.6 is 15.9 Å². The summed E-state index contributed by atoms with van der Waals surface area (Å²) in [4.78, 5) is 0.185. The van der Waals surface area contributed by atoms with E-state index < -0.39 is 10.0 Å². The van der Waals surface area contributed by atoms with Gasteiger partial charge >= 0.3 is 0 Å². The summed E-state index contributed by atoms with van der Waals surface area (Å²) in [6.45, 7) is 0. The number of aromatic nitrogens is 2. The van der Waals surface area contributed by atoms with Crippen LogP contribution < -0.4 is 5.73 Å². The summed E-state index contributed by atoms with van der Waals surface area (Å²) in [7, 11) is -3.64. The van der Waals surface area contributed by atoms with Crippen molar-refractivity contribution in [3.63, 3.8) is 0 Å². The standard InChI is InChI=1S/C10H7BrN4O2S/c11-7-5-15(13-9(7)12)10-6-3-1-2-4-8(6)18(16,17)14-10/h1-5H,(H2,12,13). The van der Waals surface area contributed by atoms with E-state index in [1.807, 2.05) is 0 Å². The Hall–Kier alpha value is -1.67. The average Bonchev–Trinajstić information content (AvgIpc) is 2.79. The minimum absolute atomic E-state index is 0.185. The van der Waals surface area contributed by atoms with E-state index in [1.165, 1.54) is 10.7 Å². The van der Waals surface area contributed by atoms with Crippen LogP contribution in [0.4, 0.5) is 5.82 Å². The van der Waals surface area contributed by atoms with E-state index in [4.69, 9.17) is 5.73 Å². The van der Waals surface area contributed by atoms with Crippen molar-refractivity contribution in [1.82, 2.24) is 9.78 Å². The Morgan fingerprint density at radius 2 is 2.00 bits per heavy atom. The normalized spacial score (nSPS) is 16.4. The highest BCUT2D eigenvalue weighted by atomic mass is 79.9. The van der Waals surface area contributed by atoms with Crippen LogP contribution in [0, 0.1) is 0 Å². The van der Waals surface area contributed by atoms with Crippen molar-refractivity contribution in [3.05, 3.63) is 40.5 Å². The van der Waals surface area contributed by atoms with Gasteiger partial charge in [-0.25, -0.2) is 4.68 Å². The molecule has 3 rings (SSSR count). The SMILES string of the molecule is Nc1nn(C2=NS(=O)(=O)c3ccccc32)cc1Br. The molecule has 0 unspecified atom stereocenters. The number of anilines is 1. The summed E-state index contributed by atoms with van der Waals surface area (Å²) in [5.41, 5.74) is 6.13. The van der Waals surface area contributed by atoms with Crippen molar-refractivity contribution in [2.24, 2.45) is 4.40 Å². The molecule has 0 aliphatic carbocycles. The molecule has 92 valence electrons. The van der Waals surface area contributed by atoms with Gasteiger partial charge in [-0.15, -0.1) is 9.50 Å². The molecule has 6 nitrogen and oxygen atoms in total. The fourth-order valence-electron chi connectivity index (χ4n) is 1.73. The molecule has 18 heavy (non-hydrogen) atoms. The zero-order valence-corrected chi connectivity index (χ0v) is 11.3. The molecular formula is C10H7BrN4O2S. The number of benzene rings is 1. The number of rotatable bonds is 0. The molecule has 0 radical (unpaired) electrons. The Kier molecular flexibility index (Phi) is 2.32. The van der Waals surface area contributed by atoms with E-state index in [2.05, 4.69) is 25.4 Å². The Labute approximate surface area is 111 Å². The smallest absolute Gasteiger partial charge is 0.285 e. The molecule has 2 aromatic rings. The van der Waals surface area contributed by atoms with Gasteiger partial charge in [0.1, 0.15) is 4.90 Å². The maximum atomic E-state index is 11.9. The van der Waals surface area contributed by atoms with Gasteiger partial charge in [0.05, 0.1) is 4.47 Å². The van der Waals surface area contributed by atoms with Crippen LogP contribution in [-0.4, -0.2) is 24.0 Å². The number of nitrogens with two attached hydrogens (primary N) is 1. The Morgan fingerprint density at radius 1 is 1.28 bits per heavy atom. The third-order valence-corrected chi connectivity index (χ3v) is 4.46. The molecule has 0 bridgehead atoms. The quantitative estimate of drug-likeness (QED) is 0.788. The van der Waals surface area contributed by atoms with Crippen molar-refractivity contribution >= 4 is 37.6 Å². The largest absolute Gasteiger partial charge is 0.381 e. The molecule has 0 saturated carbocycles. The third-order valence-electron chi connectivity index (χ3n) is 2.53. The second-order valence-corrected chi connectivity index (χ2v) is 6.12. The van der Waals surface area contributed by atoms with Crippen molar-refractivity contribution in [3.8, 4) is 0 Å². The summed E-state index contributed by atoms with van der Waals surface area (Å²) >= 11 is 3.22. The molecule has 0 amide bonds. The summed E-state index contributed by atoms with van der Waals surface area (Å²) in [5, 5.41) is 4.01. The summed E-state index contributed by atoms with van der Waals surface area (Å²) in [6.07, 6.45) is 1.58. The molecule has 0 spiro atoms. The van der Waals surface area contributed by atoms with Crippen LogP contribution in [0.2, 0.25) is 0 Å². The molecular weight excluding hydrogens is 320 g/mol. The van der Waals surface area contributed by atoms with Crippen molar-refractivity contribution in [2.75, 3.05) is 5.73 Å². The van der Waals surface area contributed by atoms with Crippen molar-refractivity contribution in [1.29, 1.82) is 0 Å². The predicted molar refractivity (Wildman–Crippen MR) is 69.9 cm³/mol. The van der Waals surface area contributed by atoms with Gasteiger partial charge in [-0.3, -0.25) is 0 Å². The van der Waals surface area contributed by atoms with Crippen LogP contribution in [0.5, 0.6) is 0 Å². The Morgan fingerprint density at radius 3 is 2.67 bits per heavy atom. The van der Waals surface area contributed by atoms with Crippen molar-refractivity contribution in [2.45, 2.75) is 4.90 Å². The topological polar surface area (TPSA) is 90.3 Å². The zero-order chi connectivity index (χ0) is 12.9.